The van der Waals surface area contributed by atoms with Gasteiger partial charge >= 0.3 is 0 Å². The van der Waals surface area contributed by atoms with Crippen LogP contribution < -0.4 is 5.32 Å². The lowest BCUT2D eigenvalue weighted by Gasteiger charge is -2.32. The van der Waals surface area contributed by atoms with Crippen LogP contribution in [0.1, 0.15) is 37.2 Å². The summed E-state index contributed by atoms with van der Waals surface area (Å²) < 4.78 is 0. The molecule has 0 heterocycles. The third kappa shape index (κ3) is 3.15. The van der Waals surface area contributed by atoms with Crippen LogP contribution in [0.4, 0.5) is 0 Å². The Bertz CT molecular complexity index is 376. The smallest absolute Gasteiger partial charge is 0.0595 e. The van der Waals surface area contributed by atoms with E-state index in [-0.39, 0.29) is 0 Å². The molecule has 3 heteroatoms. The van der Waals surface area contributed by atoms with Crippen LogP contribution in [-0.2, 0) is 0 Å². The monoisotopic (exact) mass is 271 g/mol. The molecule has 1 aromatic carbocycles. The number of nitrogens with one attached hydrogen (secondary N) is 1. The molecule has 0 bridgehead atoms. The van der Waals surface area contributed by atoms with Crippen molar-refractivity contribution in [1.82, 2.24) is 5.32 Å². The van der Waals surface area contributed by atoms with Crippen LogP contribution in [-0.4, -0.2) is 13.6 Å². The van der Waals surface area contributed by atoms with E-state index < -0.39 is 0 Å². The molecule has 0 aliphatic heterocycles. The molecule has 1 aliphatic carbocycles. The van der Waals surface area contributed by atoms with Crippen molar-refractivity contribution in [2.45, 2.75) is 31.6 Å². The average molecular weight is 272 g/mol. The zero-order valence-electron chi connectivity index (χ0n) is 10.2. The molecule has 1 nitrogen and oxygen atoms in total. The summed E-state index contributed by atoms with van der Waals surface area (Å²) in [5.74, 6) is 1.36. The van der Waals surface area contributed by atoms with Gasteiger partial charge in [-0.1, -0.05) is 42.1 Å². The fourth-order valence-electron chi connectivity index (χ4n) is 2.90. The van der Waals surface area contributed by atoms with Gasteiger partial charge in [0, 0.05) is 0 Å². The Labute approximate surface area is 114 Å². The minimum Gasteiger partial charge on any atom is -0.319 e. The number of hydrogen-bond donors (Lipinski definition) is 1. The van der Waals surface area contributed by atoms with E-state index in [4.69, 9.17) is 23.2 Å². The van der Waals surface area contributed by atoms with E-state index in [2.05, 4.69) is 11.4 Å². The average Bonchev–Trinajstić information content (AvgIpc) is 2.34. The highest BCUT2D eigenvalue weighted by atomic mass is 35.5. The Balaban J connectivity index is 2.20. The summed E-state index contributed by atoms with van der Waals surface area (Å²) in [6.07, 6.45) is 5.26. The molecule has 94 valence electrons. The highest BCUT2D eigenvalue weighted by Gasteiger charge is 2.26. The van der Waals surface area contributed by atoms with E-state index in [9.17, 15) is 0 Å². The molecule has 0 amide bonds. The summed E-state index contributed by atoms with van der Waals surface area (Å²) in [5, 5.41) is 4.63. The molecular weight excluding hydrogens is 253 g/mol. The normalized spacial score (nSPS) is 24.9. The Kier molecular flexibility index (Phi) is 4.72. The summed E-state index contributed by atoms with van der Waals surface area (Å²) in [7, 11) is 2.03. The summed E-state index contributed by atoms with van der Waals surface area (Å²) >= 11 is 12.1. The van der Waals surface area contributed by atoms with Crippen molar-refractivity contribution in [1.29, 1.82) is 0 Å². The molecule has 2 unspecified atom stereocenters. The third-order valence-electron chi connectivity index (χ3n) is 3.75. The van der Waals surface area contributed by atoms with Crippen LogP contribution in [0, 0.1) is 5.92 Å². The van der Waals surface area contributed by atoms with Gasteiger partial charge in [0.05, 0.1) is 10.0 Å². The summed E-state index contributed by atoms with van der Waals surface area (Å²) in [6, 6.07) is 6.10. The summed E-state index contributed by atoms with van der Waals surface area (Å²) in [4.78, 5) is 0. The van der Waals surface area contributed by atoms with Gasteiger partial charge in [-0.05, 0) is 56.0 Å². The van der Waals surface area contributed by atoms with Crippen LogP contribution in [0.2, 0.25) is 10.0 Å². The standard InChI is InChI=1S/C14H19Cl2N/c1-17-9-11-4-2-3-5-12(11)10-6-7-13(15)14(16)8-10/h6-8,11-12,17H,2-5,9H2,1H3. The van der Waals surface area contributed by atoms with Crippen LogP contribution in [0.3, 0.4) is 0 Å². The first-order chi connectivity index (χ1) is 8.22. The topological polar surface area (TPSA) is 12.0 Å². The Hall–Kier alpha value is -0.240. The van der Waals surface area contributed by atoms with Gasteiger partial charge in [0.25, 0.3) is 0 Å². The number of rotatable bonds is 3. The molecule has 1 aliphatic rings. The van der Waals surface area contributed by atoms with Crippen molar-refractivity contribution >= 4 is 23.2 Å². The van der Waals surface area contributed by atoms with Gasteiger partial charge in [0.1, 0.15) is 0 Å². The Morgan fingerprint density at radius 3 is 2.65 bits per heavy atom. The van der Waals surface area contributed by atoms with Crippen LogP contribution in [0.15, 0.2) is 18.2 Å². The molecule has 0 aromatic heterocycles. The van der Waals surface area contributed by atoms with Crippen molar-refractivity contribution in [2.24, 2.45) is 5.92 Å². The van der Waals surface area contributed by atoms with Crippen LogP contribution >= 0.6 is 23.2 Å². The summed E-state index contributed by atoms with van der Waals surface area (Å²) in [5.41, 5.74) is 1.35. The first-order valence-corrected chi connectivity index (χ1v) is 7.07. The Morgan fingerprint density at radius 2 is 1.94 bits per heavy atom. The van der Waals surface area contributed by atoms with Gasteiger partial charge in [0.2, 0.25) is 0 Å². The largest absolute Gasteiger partial charge is 0.319 e. The van der Waals surface area contributed by atoms with E-state index in [1.165, 1.54) is 31.2 Å². The van der Waals surface area contributed by atoms with E-state index in [0.717, 1.165) is 12.5 Å². The number of benzene rings is 1. The van der Waals surface area contributed by atoms with Gasteiger partial charge in [-0.15, -0.1) is 0 Å². The number of hydrogen-bond acceptors (Lipinski definition) is 1. The quantitative estimate of drug-likeness (QED) is 0.855. The van der Waals surface area contributed by atoms with E-state index in [1.807, 2.05) is 19.2 Å². The van der Waals surface area contributed by atoms with Crippen molar-refractivity contribution in [2.75, 3.05) is 13.6 Å². The molecule has 1 aromatic rings. The predicted octanol–water partition coefficient (Wildman–Crippen LogP) is 4.49. The third-order valence-corrected chi connectivity index (χ3v) is 4.49. The minimum absolute atomic E-state index is 0.631. The molecule has 1 saturated carbocycles. The second kappa shape index (κ2) is 6.08. The zero-order valence-corrected chi connectivity index (χ0v) is 11.7. The highest BCUT2D eigenvalue weighted by Crippen LogP contribution is 2.39. The van der Waals surface area contributed by atoms with Gasteiger partial charge in [-0.3, -0.25) is 0 Å². The van der Waals surface area contributed by atoms with E-state index in [1.54, 1.807) is 0 Å². The maximum Gasteiger partial charge on any atom is 0.0595 e. The first kappa shape index (κ1) is 13.2. The number of halogens is 2. The van der Waals surface area contributed by atoms with Crippen molar-refractivity contribution < 1.29 is 0 Å². The molecule has 1 fully saturated rings. The fourth-order valence-corrected chi connectivity index (χ4v) is 3.20. The lowest BCUT2D eigenvalue weighted by molar-refractivity contribution is 0.301. The highest BCUT2D eigenvalue weighted by molar-refractivity contribution is 6.42. The molecule has 2 atom stereocenters. The minimum atomic E-state index is 0.631. The molecule has 0 saturated heterocycles. The first-order valence-electron chi connectivity index (χ1n) is 6.32. The van der Waals surface area contributed by atoms with Crippen molar-refractivity contribution in [3.63, 3.8) is 0 Å². The molecule has 0 spiro atoms. The van der Waals surface area contributed by atoms with Crippen molar-refractivity contribution in [3.8, 4) is 0 Å². The van der Waals surface area contributed by atoms with Crippen molar-refractivity contribution in [3.05, 3.63) is 33.8 Å². The SMILES string of the molecule is CNCC1CCCCC1c1ccc(Cl)c(Cl)c1. The molecule has 0 radical (unpaired) electrons. The molecule has 2 rings (SSSR count). The Morgan fingerprint density at radius 1 is 1.18 bits per heavy atom. The van der Waals surface area contributed by atoms with Crippen LogP contribution in [0.5, 0.6) is 0 Å². The second-order valence-corrected chi connectivity index (χ2v) is 5.70. The lowest BCUT2D eigenvalue weighted by atomic mass is 9.75. The lowest BCUT2D eigenvalue weighted by Crippen LogP contribution is -2.27. The zero-order chi connectivity index (χ0) is 12.3. The van der Waals surface area contributed by atoms with E-state index in [0.29, 0.717) is 16.0 Å². The van der Waals surface area contributed by atoms with Crippen LogP contribution in [0.25, 0.3) is 0 Å². The summed E-state index contributed by atoms with van der Waals surface area (Å²) in [6.45, 7) is 1.09. The maximum absolute atomic E-state index is 6.11. The van der Waals surface area contributed by atoms with Gasteiger partial charge in [-0.2, -0.15) is 0 Å². The second-order valence-electron chi connectivity index (χ2n) is 4.88. The predicted molar refractivity (Wildman–Crippen MR) is 75.1 cm³/mol. The van der Waals surface area contributed by atoms with Gasteiger partial charge in [0.15, 0.2) is 0 Å². The van der Waals surface area contributed by atoms with E-state index >= 15 is 0 Å². The molecule has 1 N–H and O–H groups in total. The van der Waals surface area contributed by atoms with Gasteiger partial charge in [-0.25, -0.2) is 0 Å². The molecular formula is C14H19Cl2N. The van der Waals surface area contributed by atoms with Gasteiger partial charge < -0.3 is 5.32 Å². The maximum atomic E-state index is 6.11. The fraction of sp³-hybridized carbons (Fsp3) is 0.571. The molecule has 17 heavy (non-hydrogen) atoms.